The van der Waals surface area contributed by atoms with Gasteiger partial charge in [0.2, 0.25) is 17.5 Å². The first-order valence-electron chi connectivity index (χ1n) is 11.8. The van der Waals surface area contributed by atoms with Gasteiger partial charge in [-0.05, 0) is 37.3 Å². The maximum atomic E-state index is 13.8. The van der Waals surface area contributed by atoms with Crippen molar-refractivity contribution in [2.45, 2.75) is 25.4 Å². The van der Waals surface area contributed by atoms with Crippen molar-refractivity contribution in [1.29, 1.82) is 0 Å². The molecule has 0 saturated carbocycles. The Kier molecular flexibility index (Phi) is 9.90. The highest BCUT2D eigenvalue weighted by atomic mass is 35.5. The summed E-state index contributed by atoms with van der Waals surface area (Å²) in [5.41, 5.74) is 4.83. The number of anilines is 2. The summed E-state index contributed by atoms with van der Waals surface area (Å²) in [6.07, 6.45) is 0.168. The van der Waals surface area contributed by atoms with E-state index in [0.717, 1.165) is 4.57 Å². The summed E-state index contributed by atoms with van der Waals surface area (Å²) in [5.74, 6) is -13.6. The fourth-order valence-corrected chi connectivity index (χ4v) is 3.71. The Morgan fingerprint density at radius 3 is 2.31 bits per heavy atom. The highest BCUT2D eigenvalue weighted by Gasteiger charge is 2.29. The summed E-state index contributed by atoms with van der Waals surface area (Å²) < 4.78 is 59.9. The lowest BCUT2D eigenvalue weighted by atomic mass is 10.1. The molecule has 42 heavy (non-hydrogen) atoms. The maximum Gasteiger partial charge on any atom is 0.305 e. The molecule has 2 atom stereocenters. The average molecular weight is 613 g/mol. The van der Waals surface area contributed by atoms with Crippen molar-refractivity contribution < 1.29 is 46.6 Å². The van der Waals surface area contributed by atoms with Crippen LogP contribution in [0.1, 0.15) is 29.7 Å². The largest absolute Gasteiger partial charge is 0.481 e. The number of aliphatic carboxylic acids is 1. The number of benzene rings is 2. The van der Waals surface area contributed by atoms with E-state index in [9.17, 15) is 41.5 Å². The van der Waals surface area contributed by atoms with E-state index in [2.05, 4.69) is 15.4 Å². The van der Waals surface area contributed by atoms with Crippen LogP contribution in [0.4, 0.5) is 28.9 Å². The van der Waals surface area contributed by atoms with Crippen LogP contribution in [0.2, 0.25) is 5.02 Å². The van der Waals surface area contributed by atoms with Crippen molar-refractivity contribution >= 4 is 46.5 Å². The van der Waals surface area contributed by atoms with E-state index in [1.54, 1.807) is 0 Å². The van der Waals surface area contributed by atoms with Gasteiger partial charge in [-0.3, -0.25) is 24.0 Å². The number of carboxylic acids is 1. The van der Waals surface area contributed by atoms with E-state index >= 15 is 0 Å². The van der Waals surface area contributed by atoms with Gasteiger partial charge in [0, 0.05) is 17.8 Å². The number of nitrogen functional groups attached to an aromatic ring is 1. The number of carbonyl (C=O) groups is 4. The van der Waals surface area contributed by atoms with Crippen molar-refractivity contribution in [3.05, 3.63) is 86.8 Å². The number of amides is 2. The molecule has 2 aromatic carbocycles. The summed E-state index contributed by atoms with van der Waals surface area (Å²) in [4.78, 5) is 62.3. The highest BCUT2D eigenvalue weighted by molar-refractivity contribution is 6.33. The normalized spacial score (nSPS) is 12.2. The lowest BCUT2D eigenvalue weighted by molar-refractivity contribution is -0.140. The van der Waals surface area contributed by atoms with Gasteiger partial charge < -0.3 is 30.8 Å². The summed E-state index contributed by atoms with van der Waals surface area (Å²) in [5, 5.41) is 13.7. The maximum absolute atomic E-state index is 13.8. The number of nitrogens with zero attached hydrogens (tertiary/aromatic N) is 1. The third-order valence-corrected chi connectivity index (χ3v) is 6.12. The van der Waals surface area contributed by atoms with Crippen LogP contribution < -0.4 is 26.7 Å². The number of hydrogen-bond donors (Lipinski definition) is 4. The van der Waals surface area contributed by atoms with Crippen molar-refractivity contribution in [2.75, 3.05) is 17.7 Å². The van der Waals surface area contributed by atoms with E-state index in [1.165, 1.54) is 43.5 Å². The fraction of sp³-hybridized carbons (Fsp3) is 0.192. The van der Waals surface area contributed by atoms with Gasteiger partial charge in [0.1, 0.15) is 24.4 Å². The topological polar surface area (TPSA) is 170 Å². The van der Waals surface area contributed by atoms with Crippen LogP contribution in [0.3, 0.4) is 0 Å². The second-order valence-corrected chi connectivity index (χ2v) is 9.12. The van der Waals surface area contributed by atoms with E-state index in [4.69, 9.17) is 22.4 Å². The number of hydrogen-bond acceptors (Lipinski definition) is 7. The molecule has 11 nitrogen and oxygen atoms in total. The molecule has 0 aliphatic heterocycles. The summed E-state index contributed by atoms with van der Waals surface area (Å²) in [6, 6.07) is 3.31. The van der Waals surface area contributed by atoms with Crippen LogP contribution in [0, 0.1) is 23.3 Å². The number of ketones is 1. The second kappa shape index (κ2) is 13.2. The molecule has 1 heterocycles. The molecule has 5 N–H and O–H groups in total. The molecule has 0 aliphatic rings. The van der Waals surface area contributed by atoms with Gasteiger partial charge >= 0.3 is 5.97 Å². The predicted molar refractivity (Wildman–Crippen MR) is 140 cm³/mol. The molecule has 0 aliphatic carbocycles. The Morgan fingerprint density at radius 1 is 1.07 bits per heavy atom. The molecule has 0 fully saturated rings. The van der Waals surface area contributed by atoms with Crippen molar-refractivity contribution in [3.8, 4) is 5.75 Å². The zero-order chi connectivity index (χ0) is 31.3. The number of nitrogens with two attached hydrogens (primary N) is 1. The average Bonchev–Trinajstić information content (AvgIpc) is 2.93. The van der Waals surface area contributed by atoms with E-state index in [0.29, 0.717) is 0 Å². The number of halogens is 5. The van der Waals surface area contributed by atoms with Crippen LogP contribution >= 0.6 is 11.6 Å². The van der Waals surface area contributed by atoms with Gasteiger partial charge in [0.15, 0.2) is 23.2 Å². The third-order valence-electron chi connectivity index (χ3n) is 5.80. The Bertz CT molecular complexity index is 1610. The van der Waals surface area contributed by atoms with E-state index < -0.39 is 83.3 Å². The van der Waals surface area contributed by atoms with Gasteiger partial charge in [0.25, 0.3) is 11.5 Å². The van der Waals surface area contributed by atoms with Crippen molar-refractivity contribution in [1.82, 2.24) is 9.88 Å². The van der Waals surface area contributed by atoms with Gasteiger partial charge in [-0.1, -0.05) is 11.6 Å². The van der Waals surface area contributed by atoms with Gasteiger partial charge in [0.05, 0.1) is 17.1 Å². The number of aromatic nitrogens is 1. The standard InChI is InChI=1S/C26H21ClF4N4O7/c1-11(35-6-2-3-17(26(35)41)33-25(40)12-4-5-16(32)13(27)7-12)24(39)34-18(9-20(37)38)19(36)10-42-23-21(30)14(28)8-15(29)22(23)31/h2-8,11,18H,9-10,32H2,1H3,(H,33,40)(H,34,39)(H,37,38)/t11?,18-/m0/s1. The van der Waals surface area contributed by atoms with Gasteiger partial charge in [-0.15, -0.1) is 0 Å². The van der Waals surface area contributed by atoms with Crippen molar-refractivity contribution in [3.63, 3.8) is 0 Å². The molecule has 3 aromatic rings. The van der Waals surface area contributed by atoms with E-state index in [-0.39, 0.29) is 28.0 Å². The zero-order valence-electron chi connectivity index (χ0n) is 21.4. The minimum atomic E-state index is -1.93. The van der Waals surface area contributed by atoms with Crippen LogP contribution in [0.25, 0.3) is 0 Å². The number of ether oxygens (including phenoxy) is 1. The molecule has 3 rings (SSSR count). The number of carboxylic acid groups (broad SMARTS) is 1. The third kappa shape index (κ3) is 7.23. The second-order valence-electron chi connectivity index (χ2n) is 8.71. The van der Waals surface area contributed by atoms with Crippen LogP contribution in [0.15, 0.2) is 47.4 Å². The summed E-state index contributed by atoms with van der Waals surface area (Å²) >= 11 is 5.92. The molecule has 0 spiro atoms. The van der Waals surface area contributed by atoms with Crippen LogP contribution in [-0.4, -0.2) is 45.9 Å². The molecule has 0 saturated heterocycles. The van der Waals surface area contributed by atoms with E-state index in [1.807, 2.05) is 0 Å². The zero-order valence-corrected chi connectivity index (χ0v) is 22.2. The number of pyridine rings is 1. The Morgan fingerprint density at radius 2 is 1.71 bits per heavy atom. The molecule has 0 bridgehead atoms. The van der Waals surface area contributed by atoms with Gasteiger partial charge in [-0.2, -0.15) is 8.78 Å². The number of nitrogens with one attached hydrogen (secondary N) is 2. The SMILES string of the molecule is CC(C(=O)N[C@@H](CC(=O)O)C(=O)COc1c(F)c(F)cc(F)c1F)n1cccc(NC(=O)c2ccc(N)c(Cl)c2)c1=O. The molecule has 2 amide bonds. The number of carbonyl (C=O) groups excluding carboxylic acids is 3. The minimum Gasteiger partial charge on any atom is -0.481 e. The molecule has 1 aromatic heterocycles. The lowest BCUT2D eigenvalue weighted by Crippen LogP contribution is -2.47. The smallest absolute Gasteiger partial charge is 0.305 e. The Balaban J connectivity index is 1.76. The number of rotatable bonds is 11. The van der Waals surface area contributed by atoms with Crippen LogP contribution in [-0.2, 0) is 14.4 Å². The first kappa shape index (κ1) is 31.6. The first-order chi connectivity index (χ1) is 19.7. The van der Waals surface area contributed by atoms with Crippen molar-refractivity contribution in [2.24, 2.45) is 0 Å². The van der Waals surface area contributed by atoms with Crippen LogP contribution in [0.5, 0.6) is 5.75 Å². The fourth-order valence-electron chi connectivity index (χ4n) is 3.53. The minimum absolute atomic E-state index is 0.0766. The molecule has 16 heteroatoms. The highest BCUT2D eigenvalue weighted by Crippen LogP contribution is 2.26. The Hall–Kier alpha value is -4.92. The monoisotopic (exact) mass is 612 g/mol. The Labute approximate surface area is 238 Å². The first-order valence-corrected chi connectivity index (χ1v) is 12.2. The molecular weight excluding hydrogens is 592 g/mol. The summed E-state index contributed by atoms with van der Waals surface area (Å²) in [7, 11) is 0. The molecular formula is C26H21ClF4N4O7. The quantitative estimate of drug-likeness (QED) is 0.145. The lowest BCUT2D eigenvalue weighted by Gasteiger charge is -2.21. The van der Waals surface area contributed by atoms with Gasteiger partial charge in [-0.25, -0.2) is 8.78 Å². The summed E-state index contributed by atoms with van der Waals surface area (Å²) in [6.45, 7) is -0.0544. The number of Topliss-reactive ketones (excluding diaryl/α,β-unsaturated/α-hetero) is 1. The molecule has 222 valence electrons. The molecule has 0 radical (unpaired) electrons. The molecule has 1 unspecified atom stereocenters. The predicted octanol–water partition coefficient (Wildman–Crippen LogP) is 3.06.